The molecule has 3 N–H and O–H groups in total. The zero-order valence-electron chi connectivity index (χ0n) is 9.81. The van der Waals surface area contributed by atoms with Crippen LogP contribution in [0.5, 0.6) is 0 Å². The van der Waals surface area contributed by atoms with Crippen LogP contribution in [0.4, 0.5) is 5.82 Å². The highest BCUT2D eigenvalue weighted by molar-refractivity contribution is 5.76. The van der Waals surface area contributed by atoms with Crippen LogP contribution >= 0.6 is 0 Å². The molecule has 0 saturated carbocycles. The summed E-state index contributed by atoms with van der Waals surface area (Å²) >= 11 is 0. The maximum atomic E-state index is 12.1. The van der Waals surface area contributed by atoms with E-state index in [4.69, 9.17) is 5.84 Å². The molecule has 90 valence electrons. The Morgan fingerprint density at radius 1 is 1.41 bits per heavy atom. The fourth-order valence-corrected chi connectivity index (χ4v) is 1.82. The molecule has 0 aliphatic heterocycles. The summed E-state index contributed by atoms with van der Waals surface area (Å²) in [4.78, 5) is 16.3. The number of benzene rings is 1. The van der Waals surface area contributed by atoms with E-state index in [1.807, 2.05) is 24.3 Å². The fraction of sp³-hybridized carbons (Fsp3) is 0.333. The summed E-state index contributed by atoms with van der Waals surface area (Å²) < 4.78 is 1.72. The van der Waals surface area contributed by atoms with Crippen molar-refractivity contribution in [3.05, 3.63) is 34.6 Å². The van der Waals surface area contributed by atoms with Gasteiger partial charge in [-0.3, -0.25) is 4.79 Å². The van der Waals surface area contributed by atoms with Gasteiger partial charge in [0, 0.05) is 6.54 Å². The number of aryl methyl sites for hydroxylation is 1. The van der Waals surface area contributed by atoms with Gasteiger partial charge >= 0.3 is 0 Å². The first-order valence-electron chi connectivity index (χ1n) is 5.74. The van der Waals surface area contributed by atoms with Gasteiger partial charge in [0.1, 0.15) is 0 Å². The number of fused-ring (bicyclic) bond motifs is 1. The van der Waals surface area contributed by atoms with Crippen LogP contribution in [0.15, 0.2) is 29.1 Å². The largest absolute Gasteiger partial charge is 0.304 e. The number of para-hydroxylation sites is 2. The van der Waals surface area contributed by atoms with Crippen molar-refractivity contribution in [1.82, 2.24) is 9.55 Å². The summed E-state index contributed by atoms with van der Waals surface area (Å²) in [6.07, 6.45) is 1.99. The number of nitrogen functional groups attached to an aromatic ring is 1. The van der Waals surface area contributed by atoms with Crippen LogP contribution in [0.1, 0.15) is 19.8 Å². The fourth-order valence-electron chi connectivity index (χ4n) is 1.82. The van der Waals surface area contributed by atoms with Crippen molar-refractivity contribution in [2.45, 2.75) is 26.3 Å². The minimum Gasteiger partial charge on any atom is -0.304 e. The molecule has 0 saturated heterocycles. The molecular weight excluding hydrogens is 216 g/mol. The Balaban J connectivity index is 2.66. The third kappa shape index (κ3) is 2.14. The van der Waals surface area contributed by atoms with E-state index in [2.05, 4.69) is 17.3 Å². The van der Waals surface area contributed by atoms with E-state index in [9.17, 15) is 4.79 Å². The lowest BCUT2D eigenvalue weighted by Gasteiger charge is -2.11. The van der Waals surface area contributed by atoms with Gasteiger partial charge in [-0.2, -0.15) is 0 Å². The third-order valence-corrected chi connectivity index (χ3v) is 2.72. The van der Waals surface area contributed by atoms with E-state index in [1.54, 1.807) is 4.57 Å². The molecule has 0 spiro atoms. The molecule has 0 aliphatic carbocycles. The van der Waals surface area contributed by atoms with Crippen molar-refractivity contribution in [2.24, 2.45) is 5.84 Å². The lowest BCUT2D eigenvalue weighted by atomic mass is 10.2. The van der Waals surface area contributed by atoms with Crippen LogP contribution in [0.25, 0.3) is 11.0 Å². The molecule has 1 aromatic carbocycles. The number of hydrogen-bond donors (Lipinski definition) is 2. The lowest BCUT2D eigenvalue weighted by Crippen LogP contribution is -2.27. The molecular formula is C12H16N4O. The Morgan fingerprint density at radius 2 is 2.18 bits per heavy atom. The minimum absolute atomic E-state index is 0.167. The normalized spacial score (nSPS) is 10.7. The van der Waals surface area contributed by atoms with Gasteiger partial charge in [0.15, 0.2) is 0 Å². The second-order valence-corrected chi connectivity index (χ2v) is 3.90. The average Bonchev–Trinajstić information content (AvgIpc) is 2.37. The Labute approximate surface area is 99.2 Å². The van der Waals surface area contributed by atoms with Gasteiger partial charge in [0.2, 0.25) is 5.82 Å². The van der Waals surface area contributed by atoms with Gasteiger partial charge in [0.25, 0.3) is 5.56 Å². The quantitative estimate of drug-likeness (QED) is 0.618. The molecule has 0 aliphatic rings. The maximum absolute atomic E-state index is 12.1. The van der Waals surface area contributed by atoms with Crippen molar-refractivity contribution in [3.8, 4) is 0 Å². The number of hydrogen-bond acceptors (Lipinski definition) is 4. The zero-order valence-corrected chi connectivity index (χ0v) is 9.81. The minimum atomic E-state index is -0.167. The van der Waals surface area contributed by atoms with Gasteiger partial charge < -0.3 is 9.99 Å². The van der Waals surface area contributed by atoms with Crippen molar-refractivity contribution in [3.63, 3.8) is 0 Å². The summed E-state index contributed by atoms with van der Waals surface area (Å²) in [7, 11) is 0. The van der Waals surface area contributed by atoms with Gasteiger partial charge in [-0.05, 0) is 18.6 Å². The highest BCUT2D eigenvalue weighted by Crippen LogP contribution is 2.12. The molecule has 0 radical (unpaired) electrons. The molecule has 2 aromatic rings. The molecule has 0 bridgehead atoms. The zero-order chi connectivity index (χ0) is 12.3. The number of nitrogens with one attached hydrogen (secondary N) is 1. The van der Waals surface area contributed by atoms with Crippen LogP contribution in [0, 0.1) is 0 Å². The van der Waals surface area contributed by atoms with E-state index < -0.39 is 0 Å². The predicted octanol–water partition coefficient (Wildman–Crippen LogP) is 1.48. The monoisotopic (exact) mass is 232 g/mol. The van der Waals surface area contributed by atoms with Gasteiger partial charge in [-0.25, -0.2) is 10.8 Å². The standard InChI is InChI=1S/C12H16N4O/c1-2-3-8-16-10-7-5-4-6-9(10)14-11(15-13)12(16)17/h4-7H,2-3,8,13H2,1H3,(H,14,15). The number of hydrazine groups is 1. The Morgan fingerprint density at radius 3 is 2.88 bits per heavy atom. The number of nitrogens with two attached hydrogens (primary N) is 1. The molecule has 0 amide bonds. The molecule has 1 heterocycles. The molecule has 5 nitrogen and oxygen atoms in total. The first-order chi connectivity index (χ1) is 8.27. The maximum Gasteiger partial charge on any atom is 0.295 e. The number of aromatic nitrogens is 2. The highest BCUT2D eigenvalue weighted by Gasteiger charge is 2.08. The van der Waals surface area contributed by atoms with E-state index in [0.717, 1.165) is 23.9 Å². The molecule has 5 heteroatoms. The van der Waals surface area contributed by atoms with Crippen molar-refractivity contribution in [1.29, 1.82) is 0 Å². The summed E-state index contributed by atoms with van der Waals surface area (Å²) in [5, 5.41) is 0. The van der Waals surface area contributed by atoms with Crippen LogP contribution in [0.3, 0.4) is 0 Å². The Kier molecular flexibility index (Phi) is 3.39. The van der Waals surface area contributed by atoms with Crippen molar-refractivity contribution in [2.75, 3.05) is 5.43 Å². The van der Waals surface area contributed by atoms with E-state index in [-0.39, 0.29) is 11.4 Å². The van der Waals surface area contributed by atoms with Crippen molar-refractivity contribution >= 4 is 16.9 Å². The van der Waals surface area contributed by atoms with Crippen LogP contribution in [-0.2, 0) is 6.54 Å². The highest BCUT2D eigenvalue weighted by atomic mass is 16.1. The SMILES string of the molecule is CCCCn1c(=O)c(NN)nc2ccccc21. The molecule has 0 unspecified atom stereocenters. The third-order valence-electron chi connectivity index (χ3n) is 2.72. The number of rotatable bonds is 4. The van der Waals surface area contributed by atoms with Crippen LogP contribution in [-0.4, -0.2) is 9.55 Å². The Hall–Kier alpha value is -1.88. The summed E-state index contributed by atoms with van der Waals surface area (Å²) in [6, 6.07) is 7.57. The number of unbranched alkanes of at least 4 members (excludes halogenated alkanes) is 1. The predicted molar refractivity (Wildman–Crippen MR) is 68.7 cm³/mol. The smallest absolute Gasteiger partial charge is 0.295 e. The molecule has 17 heavy (non-hydrogen) atoms. The molecule has 1 aromatic heterocycles. The second-order valence-electron chi connectivity index (χ2n) is 3.90. The van der Waals surface area contributed by atoms with Gasteiger partial charge in [0.05, 0.1) is 11.0 Å². The molecule has 0 atom stereocenters. The van der Waals surface area contributed by atoms with Crippen LogP contribution < -0.4 is 16.8 Å². The first-order valence-corrected chi connectivity index (χ1v) is 5.74. The molecule has 2 rings (SSSR count). The summed E-state index contributed by atoms with van der Waals surface area (Å²) in [5.74, 6) is 5.51. The molecule has 0 fully saturated rings. The van der Waals surface area contributed by atoms with Gasteiger partial charge in [-0.15, -0.1) is 0 Å². The first kappa shape index (κ1) is 11.6. The Bertz CT molecular complexity index is 576. The van der Waals surface area contributed by atoms with Crippen LogP contribution in [0.2, 0.25) is 0 Å². The number of anilines is 1. The topological polar surface area (TPSA) is 72.9 Å². The van der Waals surface area contributed by atoms with Crippen molar-refractivity contribution < 1.29 is 0 Å². The van der Waals surface area contributed by atoms with E-state index >= 15 is 0 Å². The van der Waals surface area contributed by atoms with Gasteiger partial charge in [-0.1, -0.05) is 25.5 Å². The lowest BCUT2D eigenvalue weighted by molar-refractivity contribution is 0.630. The summed E-state index contributed by atoms with van der Waals surface area (Å²) in [6.45, 7) is 2.78. The number of nitrogens with zero attached hydrogens (tertiary/aromatic N) is 2. The average molecular weight is 232 g/mol. The summed E-state index contributed by atoms with van der Waals surface area (Å²) in [5.41, 5.74) is 3.82. The van der Waals surface area contributed by atoms with E-state index in [1.165, 1.54) is 0 Å². The second kappa shape index (κ2) is 4.97. The van der Waals surface area contributed by atoms with E-state index in [0.29, 0.717) is 6.54 Å².